The molecular weight excluding hydrogens is 162 g/mol. The lowest BCUT2D eigenvalue weighted by atomic mass is 10.2. The minimum absolute atomic E-state index is 0.583. The molecule has 0 saturated heterocycles. The molecule has 64 valence electrons. The van der Waals surface area contributed by atoms with Crippen molar-refractivity contribution in [3.63, 3.8) is 0 Å². The van der Waals surface area contributed by atoms with E-state index in [1.54, 1.807) is 12.4 Å². The molecule has 0 aliphatic heterocycles. The SMILES string of the molecule is Nc1cnc(-c2ccccc2)nc1. The van der Waals surface area contributed by atoms with Crippen molar-refractivity contribution in [1.82, 2.24) is 9.97 Å². The number of nitrogens with two attached hydrogens (primary N) is 1. The Bertz CT molecular complexity index is 381. The Morgan fingerprint density at radius 3 is 2.15 bits per heavy atom. The molecule has 1 aromatic carbocycles. The van der Waals surface area contributed by atoms with Crippen molar-refractivity contribution in [2.45, 2.75) is 0 Å². The summed E-state index contributed by atoms with van der Waals surface area (Å²) in [6, 6.07) is 9.79. The molecule has 0 aliphatic carbocycles. The fraction of sp³-hybridized carbons (Fsp3) is 0. The van der Waals surface area contributed by atoms with E-state index < -0.39 is 0 Å². The highest BCUT2D eigenvalue weighted by atomic mass is 14.9. The second-order valence-corrected chi connectivity index (χ2v) is 2.71. The molecule has 1 aromatic heterocycles. The van der Waals surface area contributed by atoms with Crippen LogP contribution in [0.3, 0.4) is 0 Å². The third-order valence-corrected chi connectivity index (χ3v) is 1.70. The zero-order valence-electron chi connectivity index (χ0n) is 7.01. The largest absolute Gasteiger partial charge is 0.396 e. The number of nitrogen functional groups attached to an aromatic ring is 1. The lowest BCUT2D eigenvalue weighted by Gasteiger charge is -1.98. The maximum absolute atomic E-state index is 5.48. The first-order valence-corrected chi connectivity index (χ1v) is 3.99. The first-order valence-electron chi connectivity index (χ1n) is 3.99. The molecule has 13 heavy (non-hydrogen) atoms. The molecule has 0 bridgehead atoms. The van der Waals surface area contributed by atoms with Gasteiger partial charge in [-0.1, -0.05) is 30.3 Å². The van der Waals surface area contributed by atoms with Crippen LogP contribution in [0.15, 0.2) is 42.7 Å². The molecule has 0 spiro atoms. The van der Waals surface area contributed by atoms with E-state index >= 15 is 0 Å². The fourth-order valence-electron chi connectivity index (χ4n) is 1.07. The van der Waals surface area contributed by atoms with E-state index in [0.29, 0.717) is 11.5 Å². The molecule has 0 fully saturated rings. The topological polar surface area (TPSA) is 51.8 Å². The highest BCUT2D eigenvalue weighted by molar-refractivity contribution is 5.55. The summed E-state index contributed by atoms with van der Waals surface area (Å²) in [6.07, 6.45) is 3.21. The molecule has 2 aromatic rings. The standard InChI is InChI=1S/C10H9N3/c11-9-6-12-10(13-7-9)8-4-2-1-3-5-8/h1-7H,11H2. The summed E-state index contributed by atoms with van der Waals surface area (Å²) in [4.78, 5) is 8.22. The van der Waals surface area contributed by atoms with E-state index in [4.69, 9.17) is 5.73 Å². The molecule has 2 rings (SSSR count). The van der Waals surface area contributed by atoms with E-state index in [2.05, 4.69) is 9.97 Å². The molecular formula is C10H9N3. The molecule has 0 atom stereocenters. The first kappa shape index (κ1) is 7.73. The molecule has 0 saturated carbocycles. The van der Waals surface area contributed by atoms with Crippen LogP contribution in [-0.2, 0) is 0 Å². The van der Waals surface area contributed by atoms with Gasteiger partial charge in [0.1, 0.15) is 0 Å². The summed E-state index contributed by atoms with van der Waals surface area (Å²) in [5.41, 5.74) is 7.07. The molecule has 1 heterocycles. The molecule has 0 amide bonds. The number of rotatable bonds is 1. The second-order valence-electron chi connectivity index (χ2n) is 2.71. The summed E-state index contributed by atoms with van der Waals surface area (Å²) >= 11 is 0. The number of benzene rings is 1. The monoisotopic (exact) mass is 171 g/mol. The number of anilines is 1. The summed E-state index contributed by atoms with van der Waals surface area (Å²) in [6.45, 7) is 0. The van der Waals surface area contributed by atoms with Crippen molar-refractivity contribution < 1.29 is 0 Å². The first-order chi connectivity index (χ1) is 6.36. The quantitative estimate of drug-likeness (QED) is 0.710. The van der Waals surface area contributed by atoms with Crippen molar-refractivity contribution >= 4 is 5.69 Å². The van der Waals surface area contributed by atoms with Gasteiger partial charge in [-0.05, 0) is 0 Å². The van der Waals surface area contributed by atoms with Crippen LogP contribution in [0.2, 0.25) is 0 Å². The molecule has 3 heteroatoms. The van der Waals surface area contributed by atoms with Gasteiger partial charge in [0.2, 0.25) is 0 Å². The van der Waals surface area contributed by atoms with Crippen molar-refractivity contribution in [3.05, 3.63) is 42.7 Å². The smallest absolute Gasteiger partial charge is 0.159 e. The summed E-state index contributed by atoms with van der Waals surface area (Å²) in [5, 5.41) is 0. The van der Waals surface area contributed by atoms with Crippen LogP contribution < -0.4 is 5.73 Å². The maximum atomic E-state index is 5.48. The van der Waals surface area contributed by atoms with Crippen LogP contribution in [0, 0.1) is 0 Å². The zero-order valence-corrected chi connectivity index (χ0v) is 7.01. The van der Waals surface area contributed by atoms with Crippen LogP contribution in [0.25, 0.3) is 11.4 Å². The maximum Gasteiger partial charge on any atom is 0.159 e. The molecule has 0 unspecified atom stereocenters. The van der Waals surface area contributed by atoms with Gasteiger partial charge in [0.15, 0.2) is 5.82 Å². The average Bonchev–Trinajstić information content (AvgIpc) is 2.20. The minimum atomic E-state index is 0.583. The third-order valence-electron chi connectivity index (χ3n) is 1.70. The van der Waals surface area contributed by atoms with Gasteiger partial charge in [-0.15, -0.1) is 0 Å². The summed E-state index contributed by atoms with van der Waals surface area (Å²) < 4.78 is 0. The van der Waals surface area contributed by atoms with E-state index in [-0.39, 0.29) is 0 Å². The zero-order chi connectivity index (χ0) is 9.10. The number of hydrogen-bond acceptors (Lipinski definition) is 3. The molecule has 0 aliphatic rings. The number of nitrogens with zero attached hydrogens (tertiary/aromatic N) is 2. The average molecular weight is 171 g/mol. The predicted molar refractivity (Wildman–Crippen MR) is 51.9 cm³/mol. The highest BCUT2D eigenvalue weighted by Gasteiger charge is 1.97. The van der Waals surface area contributed by atoms with Crippen molar-refractivity contribution in [2.75, 3.05) is 5.73 Å². The van der Waals surface area contributed by atoms with E-state index in [0.717, 1.165) is 5.56 Å². The highest BCUT2D eigenvalue weighted by Crippen LogP contribution is 2.13. The Morgan fingerprint density at radius 2 is 1.54 bits per heavy atom. The fourth-order valence-corrected chi connectivity index (χ4v) is 1.07. The van der Waals surface area contributed by atoms with Crippen LogP contribution >= 0.6 is 0 Å². The van der Waals surface area contributed by atoms with Crippen molar-refractivity contribution in [1.29, 1.82) is 0 Å². The van der Waals surface area contributed by atoms with E-state index in [9.17, 15) is 0 Å². The summed E-state index contributed by atoms with van der Waals surface area (Å²) in [5.74, 6) is 0.704. The number of aromatic nitrogens is 2. The van der Waals surface area contributed by atoms with Crippen molar-refractivity contribution in [2.24, 2.45) is 0 Å². The van der Waals surface area contributed by atoms with Crippen LogP contribution in [-0.4, -0.2) is 9.97 Å². The lowest BCUT2D eigenvalue weighted by molar-refractivity contribution is 1.18. The summed E-state index contributed by atoms with van der Waals surface area (Å²) in [7, 11) is 0. The Labute approximate surface area is 76.3 Å². The number of hydrogen-bond donors (Lipinski definition) is 1. The van der Waals surface area contributed by atoms with Gasteiger partial charge in [0.05, 0.1) is 18.1 Å². The van der Waals surface area contributed by atoms with E-state index in [1.165, 1.54) is 0 Å². The molecule has 3 nitrogen and oxygen atoms in total. The van der Waals surface area contributed by atoms with E-state index in [1.807, 2.05) is 30.3 Å². The van der Waals surface area contributed by atoms with Crippen LogP contribution in [0.1, 0.15) is 0 Å². The Balaban J connectivity index is 2.42. The van der Waals surface area contributed by atoms with Gasteiger partial charge in [0.25, 0.3) is 0 Å². The lowest BCUT2D eigenvalue weighted by Crippen LogP contribution is -1.91. The third kappa shape index (κ3) is 1.64. The predicted octanol–water partition coefficient (Wildman–Crippen LogP) is 1.73. The minimum Gasteiger partial charge on any atom is -0.396 e. The molecule has 0 radical (unpaired) electrons. The van der Waals surface area contributed by atoms with Gasteiger partial charge in [-0.3, -0.25) is 0 Å². The van der Waals surface area contributed by atoms with Crippen LogP contribution in [0.5, 0.6) is 0 Å². The van der Waals surface area contributed by atoms with Crippen LogP contribution in [0.4, 0.5) is 5.69 Å². The second kappa shape index (κ2) is 3.23. The van der Waals surface area contributed by atoms with Gasteiger partial charge in [-0.25, -0.2) is 9.97 Å². The molecule has 2 N–H and O–H groups in total. The normalized spacial score (nSPS) is 9.85. The van der Waals surface area contributed by atoms with Gasteiger partial charge < -0.3 is 5.73 Å². The van der Waals surface area contributed by atoms with Gasteiger partial charge in [0, 0.05) is 5.56 Å². The van der Waals surface area contributed by atoms with Gasteiger partial charge in [-0.2, -0.15) is 0 Å². The Hall–Kier alpha value is -1.90. The Kier molecular flexibility index (Phi) is 1.92. The van der Waals surface area contributed by atoms with Crippen molar-refractivity contribution in [3.8, 4) is 11.4 Å². The Morgan fingerprint density at radius 1 is 0.923 bits per heavy atom. The van der Waals surface area contributed by atoms with Gasteiger partial charge >= 0.3 is 0 Å².